The highest BCUT2D eigenvalue weighted by Crippen LogP contribution is 2.11. The zero-order valence-corrected chi connectivity index (χ0v) is 10.8. The number of likely N-dealkylation sites (N-methyl/N-ethyl adjacent to an activating group) is 2. The topological polar surface area (TPSA) is 28.2 Å². The lowest BCUT2D eigenvalue weighted by Gasteiger charge is -2.35. The molecule has 0 fully saturated rings. The second kappa shape index (κ2) is 5.97. The van der Waals surface area contributed by atoms with Crippen molar-refractivity contribution < 1.29 is 0 Å². The molecule has 1 N–H and O–H groups in total. The van der Waals surface area contributed by atoms with Gasteiger partial charge in [0.1, 0.15) is 0 Å². The zero-order chi connectivity index (χ0) is 12.0. The molecular weight excluding hydrogens is 198 g/mol. The summed E-state index contributed by atoms with van der Waals surface area (Å²) in [6.45, 7) is 6.53. The molecule has 0 aliphatic heterocycles. The van der Waals surface area contributed by atoms with Crippen LogP contribution in [0.15, 0.2) is 24.4 Å². The number of nitrogens with zero attached hydrogens (tertiary/aromatic N) is 2. The van der Waals surface area contributed by atoms with E-state index in [4.69, 9.17) is 0 Å². The van der Waals surface area contributed by atoms with Crippen molar-refractivity contribution in [2.24, 2.45) is 0 Å². The largest absolute Gasteiger partial charge is 0.318 e. The molecule has 0 aliphatic rings. The van der Waals surface area contributed by atoms with E-state index in [9.17, 15) is 0 Å². The van der Waals surface area contributed by atoms with Crippen molar-refractivity contribution in [3.63, 3.8) is 0 Å². The van der Waals surface area contributed by atoms with Gasteiger partial charge >= 0.3 is 0 Å². The highest BCUT2D eigenvalue weighted by Gasteiger charge is 2.21. The first-order valence-electron chi connectivity index (χ1n) is 5.82. The third-order valence-electron chi connectivity index (χ3n) is 3.07. The van der Waals surface area contributed by atoms with Crippen molar-refractivity contribution in [3.05, 3.63) is 30.1 Å². The normalized spacial score (nSPS) is 12.1. The minimum Gasteiger partial charge on any atom is -0.318 e. The van der Waals surface area contributed by atoms with Crippen LogP contribution >= 0.6 is 0 Å². The van der Waals surface area contributed by atoms with Gasteiger partial charge in [-0.3, -0.25) is 9.88 Å². The second-order valence-corrected chi connectivity index (χ2v) is 4.84. The smallest absolute Gasteiger partial charge is 0.0416 e. The van der Waals surface area contributed by atoms with E-state index < -0.39 is 0 Å². The molecule has 0 unspecified atom stereocenters. The third-order valence-corrected chi connectivity index (χ3v) is 3.07. The van der Waals surface area contributed by atoms with E-state index in [-0.39, 0.29) is 5.54 Å². The number of rotatable bonds is 6. The van der Waals surface area contributed by atoms with Crippen LogP contribution in [0.25, 0.3) is 0 Å². The molecule has 90 valence electrons. The van der Waals surface area contributed by atoms with E-state index in [1.807, 2.05) is 25.4 Å². The monoisotopic (exact) mass is 221 g/mol. The summed E-state index contributed by atoms with van der Waals surface area (Å²) < 4.78 is 0. The Balaban J connectivity index is 2.43. The molecule has 3 heteroatoms. The van der Waals surface area contributed by atoms with Gasteiger partial charge in [0, 0.05) is 36.9 Å². The van der Waals surface area contributed by atoms with Crippen LogP contribution in [0.3, 0.4) is 0 Å². The molecule has 1 rings (SSSR count). The molecule has 0 aliphatic carbocycles. The Kier molecular flexibility index (Phi) is 4.90. The average Bonchev–Trinajstić information content (AvgIpc) is 2.27. The Morgan fingerprint density at radius 1 is 1.38 bits per heavy atom. The Labute approximate surface area is 98.9 Å². The fourth-order valence-electron chi connectivity index (χ4n) is 1.70. The van der Waals surface area contributed by atoms with Crippen LogP contribution in [-0.2, 0) is 6.42 Å². The van der Waals surface area contributed by atoms with Gasteiger partial charge in [0.05, 0.1) is 0 Å². The third kappa shape index (κ3) is 3.91. The van der Waals surface area contributed by atoms with E-state index in [2.05, 4.69) is 42.2 Å². The van der Waals surface area contributed by atoms with E-state index in [0.29, 0.717) is 0 Å². The van der Waals surface area contributed by atoms with Crippen LogP contribution in [0, 0.1) is 0 Å². The van der Waals surface area contributed by atoms with Crippen molar-refractivity contribution in [1.82, 2.24) is 15.2 Å². The molecule has 0 saturated carbocycles. The molecule has 0 bridgehead atoms. The molecule has 0 aromatic carbocycles. The zero-order valence-electron chi connectivity index (χ0n) is 10.8. The summed E-state index contributed by atoms with van der Waals surface area (Å²) >= 11 is 0. The second-order valence-electron chi connectivity index (χ2n) is 4.84. The highest BCUT2D eigenvalue weighted by molar-refractivity contribution is 5.04. The van der Waals surface area contributed by atoms with Gasteiger partial charge in [-0.2, -0.15) is 0 Å². The highest BCUT2D eigenvalue weighted by atomic mass is 15.2. The van der Waals surface area contributed by atoms with Crippen LogP contribution in [0.4, 0.5) is 0 Å². The van der Waals surface area contributed by atoms with Gasteiger partial charge in [0.25, 0.3) is 0 Å². The molecule has 0 spiro atoms. The van der Waals surface area contributed by atoms with Crippen molar-refractivity contribution in [3.8, 4) is 0 Å². The molecule has 1 heterocycles. The Bertz CT molecular complexity index is 295. The van der Waals surface area contributed by atoms with Gasteiger partial charge in [-0.15, -0.1) is 0 Å². The minimum atomic E-state index is 0.184. The molecular formula is C13H23N3. The van der Waals surface area contributed by atoms with E-state index in [1.165, 1.54) is 0 Å². The van der Waals surface area contributed by atoms with Gasteiger partial charge in [0.15, 0.2) is 0 Å². The predicted molar refractivity (Wildman–Crippen MR) is 68.6 cm³/mol. The molecule has 0 atom stereocenters. The summed E-state index contributed by atoms with van der Waals surface area (Å²) in [6, 6.07) is 6.08. The van der Waals surface area contributed by atoms with Crippen LogP contribution in [0.2, 0.25) is 0 Å². The van der Waals surface area contributed by atoms with E-state index >= 15 is 0 Å². The Hall–Kier alpha value is -0.930. The van der Waals surface area contributed by atoms with Crippen molar-refractivity contribution in [1.29, 1.82) is 0 Å². The molecule has 0 amide bonds. The van der Waals surface area contributed by atoms with E-state index in [0.717, 1.165) is 25.2 Å². The maximum absolute atomic E-state index is 4.34. The predicted octanol–water partition coefficient (Wildman–Crippen LogP) is 1.55. The molecule has 1 aromatic heterocycles. The Morgan fingerprint density at radius 3 is 2.69 bits per heavy atom. The standard InChI is InChI=1S/C13H23N3/c1-13(2,11-14-3)16(4)10-8-12-7-5-6-9-15-12/h5-7,9,14H,8,10-11H2,1-4H3. The summed E-state index contributed by atoms with van der Waals surface area (Å²) in [6.07, 6.45) is 2.86. The number of hydrogen-bond donors (Lipinski definition) is 1. The lowest BCUT2D eigenvalue weighted by atomic mass is 10.0. The van der Waals surface area contributed by atoms with Crippen LogP contribution in [-0.4, -0.2) is 42.6 Å². The van der Waals surface area contributed by atoms with Crippen molar-refractivity contribution in [2.45, 2.75) is 25.8 Å². The lowest BCUT2D eigenvalue weighted by molar-refractivity contribution is 0.157. The van der Waals surface area contributed by atoms with Crippen molar-refractivity contribution >= 4 is 0 Å². The number of aromatic nitrogens is 1. The van der Waals surface area contributed by atoms with Crippen LogP contribution < -0.4 is 5.32 Å². The summed E-state index contributed by atoms with van der Waals surface area (Å²) in [5.74, 6) is 0. The van der Waals surface area contributed by atoms with Crippen molar-refractivity contribution in [2.75, 3.05) is 27.2 Å². The quantitative estimate of drug-likeness (QED) is 0.790. The maximum atomic E-state index is 4.34. The van der Waals surface area contributed by atoms with Gasteiger partial charge in [-0.1, -0.05) is 6.07 Å². The summed E-state index contributed by atoms with van der Waals surface area (Å²) in [5.41, 5.74) is 1.35. The molecule has 3 nitrogen and oxygen atoms in total. The lowest BCUT2D eigenvalue weighted by Crippen LogP contribution is -2.48. The van der Waals surface area contributed by atoms with Crippen LogP contribution in [0.1, 0.15) is 19.5 Å². The molecule has 0 radical (unpaired) electrons. The first kappa shape index (κ1) is 13.1. The number of hydrogen-bond acceptors (Lipinski definition) is 3. The molecule has 16 heavy (non-hydrogen) atoms. The summed E-state index contributed by atoms with van der Waals surface area (Å²) in [4.78, 5) is 6.71. The number of nitrogens with one attached hydrogen (secondary N) is 1. The fourth-order valence-corrected chi connectivity index (χ4v) is 1.70. The summed E-state index contributed by atoms with van der Waals surface area (Å²) in [7, 11) is 4.16. The van der Waals surface area contributed by atoms with Gasteiger partial charge in [-0.25, -0.2) is 0 Å². The first-order chi connectivity index (χ1) is 7.56. The molecule has 0 saturated heterocycles. The van der Waals surface area contributed by atoms with Gasteiger partial charge in [0.2, 0.25) is 0 Å². The van der Waals surface area contributed by atoms with Crippen LogP contribution in [0.5, 0.6) is 0 Å². The SMILES string of the molecule is CNCC(C)(C)N(C)CCc1ccccn1. The Morgan fingerprint density at radius 2 is 2.12 bits per heavy atom. The van der Waals surface area contributed by atoms with Gasteiger partial charge < -0.3 is 5.32 Å². The summed E-state index contributed by atoms with van der Waals surface area (Å²) in [5, 5.41) is 3.23. The van der Waals surface area contributed by atoms with E-state index in [1.54, 1.807) is 0 Å². The maximum Gasteiger partial charge on any atom is 0.0416 e. The number of pyridine rings is 1. The average molecular weight is 221 g/mol. The molecule has 1 aromatic rings. The minimum absolute atomic E-state index is 0.184. The first-order valence-corrected chi connectivity index (χ1v) is 5.82. The fraction of sp³-hybridized carbons (Fsp3) is 0.615. The van der Waals surface area contributed by atoms with Gasteiger partial charge in [-0.05, 0) is 40.1 Å².